The van der Waals surface area contributed by atoms with Crippen molar-refractivity contribution in [3.05, 3.63) is 117 Å². The summed E-state index contributed by atoms with van der Waals surface area (Å²) in [5, 5.41) is 13.8. The van der Waals surface area contributed by atoms with Crippen LogP contribution in [0.1, 0.15) is 58.7 Å². The molecule has 2 aliphatic rings. The molecule has 0 aliphatic carbocycles. The van der Waals surface area contributed by atoms with Crippen LogP contribution in [0.5, 0.6) is 23.0 Å². The van der Waals surface area contributed by atoms with Gasteiger partial charge in [0.2, 0.25) is 5.75 Å². The number of rotatable bonds is 13. The van der Waals surface area contributed by atoms with Gasteiger partial charge in [-0.2, -0.15) is 0 Å². The number of benzene rings is 2. The summed E-state index contributed by atoms with van der Waals surface area (Å²) in [7, 11) is 7.57. The van der Waals surface area contributed by atoms with E-state index in [1.54, 1.807) is 49.2 Å². The van der Waals surface area contributed by atoms with Gasteiger partial charge in [-0.1, -0.05) is 24.3 Å². The van der Waals surface area contributed by atoms with E-state index in [1.165, 1.54) is 24.0 Å². The second-order valence-electron chi connectivity index (χ2n) is 15.0. The van der Waals surface area contributed by atoms with Crippen LogP contribution in [0.3, 0.4) is 0 Å². The molecule has 0 unspecified atom stereocenters. The third-order valence-electron chi connectivity index (χ3n) is 10.7. The highest BCUT2D eigenvalue weighted by molar-refractivity contribution is 7.15. The molecule has 16 heteroatoms. The molecule has 2 N–H and O–H groups in total. The van der Waals surface area contributed by atoms with Crippen molar-refractivity contribution in [2.75, 3.05) is 60.2 Å². The number of nitrogen functional groups attached to an aromatic ring is 1. The fourth-order valence-corrected chi connectivity index (χ4v) is 9.15. The fourth-order valence-electron chi connectivity index (χ4n) is 7.02. The molecule has 6 aromatic rings. The van der Waals surface area contributed by atoms with E-state index < -0.39 is 4.92 Å². The fraction of sp³-hybridized carbons (Fsp3) is 0.364. The number of piperidine rings is 2. The molecule has 8 rings (SSSR count). The highest BCUT2D eigenvalue weighted by atomic mass is 32.1. The third kappa shape index (κ3) is 10.9. The second-order valence-corrected chi connectivity index (χ2v) is 17.1. The van der Waals surface area contributed by atoms with Crippen LogP contribution < -0.4 is 24.7 Å². The summed E-state index contributed by atoms with van der Waals surface area (Å²) >= 11 is 3.37. The number of thiazole rings is 2. The molecule has 0 atom stereocenters. The maximum Gasteiger partial charge on any atom is 0.406 e. The molecule has 2 aromatic carbocycles. The Morgan fingerprint density at radius 2 is 1.10 bits per heavy atom. The minimum Gasteiger partial charge on any atom is -0.497 e. The number of ether oxygens (including phenoxy) is 4. The number of pyridine rings is 2. The van der Waals surface area contributed by atoms with Gasteiger partial charge in [0.15, 0.2) is 11.6 Å². The van der Waals surface area contributed by atoms with Gasteiger partial charge in [0, 0.05) is 47.6 Å². The van der Waals surface area contributed by atoms with E-state index in [2.05, 4.69) is 38.8 Å². The summed E-state index contributed by atoms with van der Waals surface area (Å²) in [6.45, 7) is 5.02. The maximum absolute atomic E-state index is 11.4. The number of hydrogen-bond donors (Lipinski definition) is 1. The van der Waals surface area contributed by atoms with Crippen molar-refractivity contribution < 1.29 is 23.9 Å². The molecule has 14 nitrogen and oxygen atoms in total. The van der Waals surface area contributed by atoms with E-state index in [0.717, 1.165) is 87.5 Å². The normalized spacial score (nSPS) is 15.2. The van der Waals surface area contributed by atoms with Crippen molar-refractivity contribution >= 4 is 34.3 Å². The Morgan fingerprint density at radius 3 is 1.55 bits per heavy atom. The van der Waals surface area contributed by atoms with Crippen LogP contribution >= 0.6 is 22.7 Å². The zero-order chi connectivity index (χ0) is 42.0. The van der Waals surface area contributed by atoms with Gasteiger partial charge >= 0.3 is 5.82 Å². The van der Waals surface area contributed by atoms with E-state index in [0.29, 0.717) is 30.0 Å². The first-order valence-corrected chi connectivity index (χ1v) is 21.5. The van der Waals surface area contributed by atoms with Crippen LogP contribution in [-0.4, -0.2) is 89.2 Å². The maximum atomic E-state index is 11.4. The SMILES string of the molecule is COc1ccc(COc2cc(-c3cnc(C4CCN(C)CC4)s3)cnc2N)cc1.COc1ccc(COc2cc(-c3cnc(C4CCN(C)CC4)s3)cnc2[N+](=O)[O-])cc1. The predicted octanol–water partition coefficient (Wildman–Crippen LogP) is 8.69. The van der Waals surface area contributed by atoms with Crippen molar-refractivity contribution in [3.63, 3.8) is 0 Å². The predicted molar refractivity (Wildman–Crippen MR) is 235 cm³/mol. The van der Waals surface area contributed by atoms with Gasteiger partial charge in [0.05, 0.1) is 34.0 Å². The molecule has 6 heterocycles. The molecule has 314 valence electrons. The van der Waals surface area contributed by atoms with E-state index in [9.17, 15) is 10.1 Å². The Hall–Kier alpha value is -5.68. The molecule has 2 saturated heterocycles. The van der Waals surface area contributed by atoms with Crippen molar-refractivity contribution in [2.24, 2.45) is 0 Å². The van der Waals surface area contributed by atoms with Crippen molar-refractivity contribution in [1.29, 1.82) is 0 Å². The van der Waals surface area contributed by atoms with Gasteiger partial charge in [-0.25, -0.2) is 15.0 Å². The van der Waals surface area contributed by atoms with Gasteiger partial charge in [-0.15, -0.1) is 22.7 Å². The summed E-state index contributed by atoms with van der Waals surface area (Å²) in [5.41, 5.74) is 9.71. The van der Waals surface area contributed by atoms with Gasteiger partial charge in [0.25, 0.3) is 0 Å². The average Bonchev–Trinajstić information content (AvgIpc) is 3.98. The minimum absolute atomic E-state index is 0.146. The highest BCUT2D eigenvalue weighted by Crippen LogP contribution is 2.38. The van der Waals surface area contributed by atoms with Crippen molar-refractivity contribution in [1.82, 2.24) is 29.7 Å². The van der Waals surface area contributed by atoms with Crippen molar-refractivity contribution in [2.45, 2.75) is 50.7 Å². The van der Waals surface area contributed by atoms with Crippen LogP contribution in [0, 0.1) is 10.1 Å². The number of methoxy groups -OCH3 is 2. The molecule has 60 heavy (non-hydrogen) atoms. The largest absolute Gasteiger partial charge is 0.497 e. The topological polar surface area (TPSA) is 164 Å². The summed E-state index contributed by atoms with van der Waals surface area (Å²) in [6.07, 6.45) is 11.6. The van der Waals surface area contributed by atoms with Gasteiger partial charge in [-0.3, -0.25) is 0 Å². The number of likely N-dealkylation sites (tertiary alicyclic amines) is 2. The lowest BCUT2D eigenvalue weighted by Gasteiger charge is -2.27. The summed E-state index contributed by atoms with van der Waals surface area (Å²) in [5.74, 6) is 3.41. The quantitative estimate of drug-likeness (QED) is 0.0868. The molecule has 4 aromatic heterocycles. The first kappa shape index (κ1) is 42.4. The standard InChI is InChI=1S/C22H24N4O4S.C22H26N4O2S/c1-25-9-7-16(8-10-25)22-24-13-20(31-22)17-11-19(21(23-12-17)26(27)28)30-14-15-3-5-18(29-2)6-4-15;1-26-9-7-16(8-10-26)22-25-13-20(29-22)17-11-19(21(23)24-12-17)28-14-15-3-5-18(27-2)6-4-15/h3-6,11-13,16H,7-10,14H2,1-2H3;3-6,11-13,16H,7-10,14H2,1-2H3,(H2,23,24). The minimum atomic E-state index is -0.524. The number of aromatic nitrogens is 4. The summed E-state index contributed by atoms with van der Waals surface area (Å²) in [6, 6.07) is 18.8. The Labute approximate surface area is 358 Å². The first-order chi connectivity index (χ1) is 29.1. The monoisotopic (exact) mass is 850 g/mol. The molecular weight excluding hydrogens is 801 g/mol. The van der Waals surface area contributed by atoms with Crippen LogP contribution in [0.25, 0.3) is 20.9 Å². The third-order valence-corrected chi connectivity index (χ3v) is 13.2. The van der Waals surface area contributed by atoms with E-state index in [4.69, 9.17) is 29.7 Å². The van der Waals surface area contributed by atoms with E-state index in [-0.39, 0.29) is 18.2 Å². The van der Waals surface area contributed by atoms with Crippen LogP contribution in [0.4, 0.5) is 11.6 Å². The molecule has 0 radical (unpaired) electrons. The molecule has 2 fully saturated rings. The second kappa shape index (κ2) is 20.1. The van der Waals surface area contributed by atoms with E-state index in [1.807, 2.05) is 67.0 Å². The molecule has 0 spiro atoms. The molecule has 0 amide bonds. The first-order valence-electron chi connectivity index (χ1n) is 19.9. The Balaban J connectivity index is 0.000000182. The smallest absolute Gasteiger partial charge is 0.406 e. The lowest BCUT2D eigenvalue weighted by Crippen LogP contribution is -2.29. The Morgan fingerprint density at radius 1 is 0.667 bits per heavy atom. The highest BCUT2D eigenvalue weighted by Gasteiger charge is 2.24. The molecular formula is C44H50N8O6S2. The van der Waals surface area contributed by atoms with Crippen LogP contribution in [-0.2, 0) is 13.2 Å². The lowest BCUT2D eigenvalue weighted by atomic mass is 9.98. The number of hydrogen-bond acceptors (Lipinski definition) is 15. The van der Waals surface area contributed by atoms with Gasteiger partial charge in [-0.05, 0) is 117 Å². The number of nitrogens with two attached hydrogens (primary N) is 1. The molecule has 0 saturated carbocycles. The Kier molecular flexibility index (Phi) is 14.2. The van der Waals surface area contributed by atoms with Gasteiger partial charge < -0.3 is 44.6 Å². The Bertz CT molecular complexity index is 2320. The van der Waals surface area contributed by atoms with Crippen LogP contribution in [0.2, 0.25) is 0 Å². The molecule has 2 aliphatic heterocycles. The summed E-state index contributed by atoms with van der Waals surface area (Å²) < 4.78 is 22.1. The number of nitro groups is 1. The van der Waals surface area contributed by atoms with E-state index >= 15 is 0 Å². The zero-order valence-electron chi connectivity index (χ0n) is 34.3. The molecule has 0 bridgehead atoms. The number of nitrogens with zero attached hydrogens (tertiary/aromatic N) is 7. The average molecular weight is 851 g/mol. The van der Waals surface area contributed by atoms with Crippen molar-refractivity contribution in [3.8, 4) is 43.9 Å². The number of anilines is 1. The van der Waals surface area contributed by atoms with Gasteiger partial charge in [0.1, 0.15) is 30.9 Å². The summed E-state index contributed by atoms with van der Waals surface area (Å²) in [4.78, 5) is 35.4. The zero-order valence-corrected chi connectivity index (χ0v) is 35.9. The lowest BCUT2D eigenvalue weighted by molar-refractivity contribution is -0.390. The van der Waals surface area contributed by atoms with Crippen LogP contribution in [0.15, 0.2) is 85.5 Å².